The first-order chi connectivity index (χ1) is 7.97. The molecule has 0 radical (unpaired) electrons. The monoisotopic (exact) mass is 241 g/mol. The molecule has 7 heteroatoms. The normalized spacial score (nSPS) is 11.9. The molecule has 0 saturated carbocycles. The number of nitro benzene ring substituents is 1. The number of carbonyl (C=O) groups excluding carboxylic acids is 1. The van der Waals surface area contributed by atoms with Crippen LogP contribution in [0.25, 0.3) is 0 Å². The van der Waals surface area contributed by atoms with Crippen molar-refractivity contribution in [1.82, 2.24) is 0 Å². The molecule has 1 aromatic rings. The lowest BCUT2D eigenvalue weighted by Gasteiger charge is -2.10. The minimum absolute atomic E-state index is 0.0775. The number of rotatable bonds is 4. The standard InChI is InChI=1S/C10H12FN3O3/c1-6(5-12)10(15)13-9-7(11)3-2-4-8(9)14(16)17/h2-4,6H,5,12H2,1H3,(H,13,15). The fourth-order valence-corrected chi connectivity index (χ4v) is 1.14. The van der Waals surface area contributed by atoms with Gasteiger partial charge in [-0.3, -0.25) is 14.9 Å². The summed E-state index contributed by atoms with van der Waals surface area (Å²) in [5.41, 5.74) is 4.36. The molecule has 6 nitrogen and oxygen atoms in total. The van der Waals surface area contributed by atoms with Crippen molar-refractivity contribution in [3.05, 3.63) is 34.1 Å². The summed E-state index contributed by atoms with van der Waals surface area (Å²) in [6.45, 7) is 1.62. The third-order valence-electron chi connectivity index (χ3n) is 2.24. The van der Waals surface area contributed by atoms with Gasteiger partial charge < -0.3 is 11.1 Å². The number of anilines is 1. The number of nitrogens with one attached hydrogen (secondary N) is 1. The van der Waals surface area contributed by atoms with Gasteiger partial charge in [0.2, 0.25) is 5.91 Å². The highest BCUT2D eigenvalue weighted by Crippen LogP contribution is 2.27. The summed E-state index contributed by atoms with van der Waals surface area (Å²) in [6, 6.07) is 3.36. The zero-order valence-electron chi connectivity index (χ0n) is 9.14. The number of nitrogens with two attached hydrogens (primary N) is 1. The maximum Gasteiger partial charge on any atom is 0.295 e. The Kier molecular flexibility index (Phi) is 4.11. The molecule has 0 aliphatic heterocycles. The summed E-state index contributed by atoms with van der Waals surface area (Å²) < 4.78 is 13.4. The number of amides is 1. The number of para-hydroxylation sites is 1. The third kappa shape index (κ3) is 2.97. The van der Waals surface area contributed by atoms with E-state index in [0.717, 1.165) is 12.1 Å². The Morgan fingerprint density at radius 2 is 2.29 bits per heavy atom. The molecule has 0 aromatic heterocycles. The number of hydrogen-bond donors (Lipinski definition) is 2. The number of benzene rings is 1. The maximum atomic E-state index is 13.4. The topological polar surface area (TPSA) is 98.3 Å². The summed E-state index contributed by atoms with van der Waals surface area (Å²) in [6.07, 6.45) is 0. The minimum Gasteiger partial charge on any atom is -0.330 e. The van der Waals surface area contributed by atoms with Crippen LogP contribution in [0.2, 0.25) is 0 Å². The van der Waals surface area contributed by atoms with E-state index in [4.69, 9.17) is 5.73 Å². The van der Waals surface area contributed by atoms with Crippen LogP contribution in [0.15, 0.2) is 18.2 Å². The van der Waals surface area contributed by atoms with Gasteiger partial charge in [-0.2, -0.15) is 0 Å². The molecule has 1 rings (SSSR count). The minimum atomic E-state index is -0.850. The predicted octanol–water partition coefficient (Wildman–Crippen LogP) is 1.27. The van der Waals surface area contributed by atoms with Crippen LogP contribution < -0.4 is 11.1 Å². The molecule has 0 spiro atoms. The molecule has 1 atom stereocenters. The highest BCUT2D eigenvalue weighted by Gasteiger charge is 2.21. The summed E-state index contributed by atoms with van der Waals surface area (Å²) in [5, 5.41) is 12.8. The van der Waals surface area contributed by atoms with E-state index in [9.17, 15) is 19.3 Å². The van der Waals surface area contributed by atoms with Crippen LogP contribution in [0.3, 0.4) is 0 Å². The maximum absolute atomic E-state index is 13.4. The molecule has 0 fully saturated rings. The van der Waals surface area contributed by atoms with Gasteiger partial charge in [0, 0.05) is 18.5 Å². The highest BCUT2D eigenvalue weighted by atomic mass is 19.1. The largest absolute Gasteiger partial charge is 0.330 e. The highest BCUT2D eigenvalue weighted by molar-refractivity contribution is 5.94. The van der Waals surface area contributed by atoms with E-state index in [1.807, 2.05) is 0 Å². The first-order valence-corrected chi connectivity index (χ1v) is 4.91. The van der Waals surface area contributed by atoms with Crippen molar-refractivity contribution >= 4 is 17.3 Å². The van der Waals surface area contributed by atoms with Crippen molar-refractivity contribution in [2.45, 2.75) is 6.92 Å². The molecule has 1 aromatic carbocycles. The van der Waals surface area contributed by atoms with Crippen molar-refractivity contribution in [3.63, 3.8) is 0 Å². The van der Waals surface area contributed by atoms with Crippen LogP contribution in [0, 0.1) is 21.8 Å². The van der Waals surface area contributed by atoms with Gasteiger partial charge >= 0.3 is 0 Å². The smallest absolute Gasteiger partial charge is 0.295 e. The van der Waals surface area contributed by atoms with Gasteiger partial charge in [0.25, 0.3) is 5.69 Å². The Bertz CT molecular complexity index is 450. The van der Waals surface area contributed by atoms with E-state index in [1.165, 1.54) is 6.07 Å². The molecule has 92 valence electrons. The molecule has 0 bridgehead atoms. The summed E-state index contributed by atoms with van der Waals surface area (Å²) in [4.78, 5) is 21.4. The summed E-state index contributed by atoms with van der Waals surface area (Å²) in [5.74, 6) is -1.95. The van der Waals surface area contributed by atoms with Crippen molar-refractivity contribution in [2.75, 3.05) is 11.9 Å². The van der Waals surface area contributed by atoms with Crippen LogP contribution in [-0.2, 0) is 4.79 Å². The van der Waals surface area contributed by atoms with Gasteiger partial charge in [0.15, 0.2) is 11.5 Å². The number of halogens is 1. The third-order valence-corrected chi connectivity index (χ3v) is 2.24. The second kappa shape index (κ2) is 5.35. The lowest BCUT2D eigenvalue weighted by molar-refractivity contribution is -0.384. The second-order valence-electron chi connectivity index (χ2n) is 3.52. The Morgan fingerprint density at radius 3 is 2.82 bits per heavy atom. The number of carbonyl (C=O) groups is 1. The fraction of sp³-hybridized carbons (Fsp3) is 0.300. The van der Waals surface area contributed by atoms with Crippen molar-refractivity contribution in [3.8, 4) is 0 Å². The van der Waals surface area contributed by atoms with E-state index < -0.39 is 33.9 Å². The second-order valence-corrected chi connectivity index (χ2v) is 3.52. The van der Waals surface area contributed by atoms with E-state index in [0.29, 0.717) is 0 Å². The zero-order valence-corrected chi connectivity index (χ0v) is 9.14. The first-order valence-electron chi connectivity index (χ1n) is 4.91. The molecule has 0 aliphatic rings. The van der Waals surface area contributed by atoms with Crippen LogP contribution >= 0.6 is 0 Å². The number of hydrogen-bond acceptors (Lipinski definition) is 4. The average molecular weight is 241 g/mol. The van der Waals surface area contributed by atoms with Crippen LogP contribution in [0.1, 0.15) is 6.92 Å². The van der Waals surface area contributed by atoms with E-state index in [-0.39, 0.29) is 6.54 Å². The molecular weight excluding hydrogens is 229 g/mol. The molecular formula is C10H12FN3O3. The molecule has 3 N–H and O–H groups in total. The van der Waals surface area contributed by atoms with Crippen molar-refractivity contribution < 1.29 is 14.1 Å². The molecule has 0 aliphatic carbocycles. The van der Waals surface area contributed by atoms with E-state index in [2.05, 4.69) is 5.32 Å². The van der Waals surface area contributed by atoms with Gasteiger partial charge in [0.05, 0.1) is 4.92 Å². The Morgan fingerprint density at radius 1 is 1.65 bits per heavy atom. The van der Waals surface area contributed by atoms with Crippen LogP contribution in [-0.4, -0.2) is 17.4 Å². The fourth-order valence-electron chi connectivity index (χ4n) is 1.14. The van der Waals surface area contributed by atoms with Gasteiger partial charge in [-0.15, -0.1) is 0 Å². The number of nitro groups is 1. The Hall–Kier alpha value is -2.02. The SMILES string of the molecule is CC(CN)C(=O)Nc1c(F)cccc1[N+](=O)[O-]. The van der Waals surface area contributed by atoms with Gasteiger partial charge in [0.1, 0.15) is 0 Å². The molecule has 0 heterocycles. The molecule has 17 heavy (non-hydrogen) atoms. The van der Waals surface area contributed by atoms with Gasteiger partial charge in [-0.1, -0.05) is 13.0 Å². The predicted molar refractivity (Wildman–Crippen MR) is 59.9 cm³/mol. The Balaban J connectivity index is 3.05. The lowest BCUT2D eigenvalue weighted by atomic mass is 10.1. The van der Waals surface area contributed by atoms with Crippen LogP contribution in [0.4, 0.5) is 15.8 Å². The van der Waals surface area contributed by atoms with Gasteiger partial charge in [-0.05, 0) is 6.07 Å². The van der Waals surface area contributed by atoms with E-state index in [1.54, 1.807) is 6.92 Å². The van der Waals surface area contributed by atoms with Crippen molar-refractivity contribution in [1.29, 1.82) is 0 Å². The summed E-state index contributed by atoms with van der Waals surface area (Å²) in [7, 11) is 0. The van der Waals surface area contributed by atoms with Crippen LogP contribution in [0.5, 0.6) is 0 Å². The first kappa shape index (κ1) is 13.0. The van der Waals surface area contributed by atoms with E-state index >= 15 is 0 Å². The molecule has 0 saturated heterocycles. The Labute approximate surface area is 96.8 Å². The quantitative estimate of drug-likeness (QED) is 0.612. The lowest BCUT2D eigenvalue weighted by Crippen LogP contribution is -2.27. The number of nitrogens with zero attached hydrogens (tertiary/aromatic N) is 1. The molecule has 1 amide bonds. The van der Waals surface area contributed by atoms with Gasteiger partial charge in [-0.25, -0.2) is 4.39 Å². The van der Waals surface area contributed by atoms with Crippen molar-refractivity contribution in [2.24, 2.45) is 11.7 Å². The molecule has 1 unspecified atom stereocenters. The zero-order chi connectivity index (χ0) is 13.0. The average Bonchev–Trinajstić information content (AvgIpc) is 2.30. The summed E-state index contributed by atoms with van der Waals surface area (Å²) >= 11 is 0.